The number of rotatable bonds is 8. The molecule has 146 valence electrons. The Kier molecular flexibility index (Phi) is 7.18. The third-order valence-corrected chi connectivity index (χ3v) is 4.40. The number of benzene rings is 1. The Labute approximate surface area is 166 Å². The van der Waals surface area contributed by atoms with Crippen molar-refractivity contribution in [2.45, 2.75) is 39.8 Å². The zero-order valence-electron chi connectivity index (χ0n) is 16.6. The van der Waals surface area contributed by atoms with E-state index in [1.807, 2.05) is 23.0 Å². The molecule has 6 heteroatoms. The van der Waals surface area contributed by atoms with Crippen molar-refractivity contribution in [3.05, 3.63) is 78.0 Å². The average molecular weight is 377 g/mol. The number of unbranched alkanes of at least 4 members (excludes halogenated alkanes) is 1. The van der Waals surface area contributed by atoms with E-state index in [0.29, 0.717) is 6.54 Å². The molecule has 0 amide bonds. The number of nitrogens with zero attached hydrogens (tertiary/aromatic N) is 4. The molecule has 0 fully saturated rings. The quantitative estimate of drug-likeness (QED) is 0.358. The summed E-state index contributed by atoms with van der Waals surface area (Å²) in [7, 11) is 0. The summed E-state index contributed by atoms with van der Waals surface area (Å²) in [5.41, 5.74) is 3.57. The number of hydrogen-bond donors (Lipinski definition) is 2. The molecule has 0 radical (unpaired) electrons. The van der Waals surface area contributed by atoms with Crippen LogP contribution in [0.5, 0.6) is 0 Å². The van der Waals surface area contributed by atoms with Gasteiger partial charge in [0.05, 0.1) is 6.54 Å². The Morgan fingerprint density at radius 3 is 2.57 bits per heavy atom. The number of nitrogens with one attached hydrogen (secondary N) is 2. The zero-order valence-corrected chi connectivity index (χ0v) is 16.6. The summed E-state index contributed by atoms with van der Waals surface area (Å²) in [4.78, 5) is 13.3. The molecular formula is C22H28N6. The number of guanidine groups is 1. The minimum absolute atomic E-state index is 0.576. The normalized spacial score (nSPS) is 11.4. The van der Waals surface area contributed by atoms with Crippen molar-refractivity contribution < 1.29 is 0 Å². The lowest BCUT2D eigenvalue weighted by atomic mass is 10.1. The zero-order chi connectivity index (χ0) is 19.6. The van der Waals surface area contributed by atoms with Crippen LogP contribution in [0.2, 0.25) is 0 Å². The highest BCUT2D eigenvalue weighted by Gasteiger charge is 2.01. The first-order chi connectivity index (χ1) is 13.7. The van der Waals surface area contributed by atoms with E-state index in [9.17, 15) is 0 Å². The molecule has 0 atom stereocenters. The van der Waals surface area contributed by atoms with Crippen LogP contribution in [0.15, 0.2) is 66.3 Å². The third-order valence-electron chi connectivity index (χ3n) is 4.40. The highest BCUT2D eigenvalue weighted by Crippen LogP contribution is 2.07. The number of pyridine rings is 1. The van der Waals surface area contributed by atoms with Crippen LogP contribution in [0.3, 0.4) is 0 Å². The van der Waals surface area contributed by atoms with Gasteiger partial charge in [-0.2, -0.15) is 0 Å². The van der Waals surface area contributed by atoms with Crippen LogP contribution in [0, 0.1) is 6.92 Å². The molecule has 0 aliphatic rings. The molecule has 0 saturated heterocycles. The molecule has 0 bridgehead atoms. The molecule has 0 unspecified atom stereocenters. The molecule has 2 heterocycles. The van der Waals surface area contributed by atoms with Gasteiger partial charge in [0.1, 0.15) is 12.1 Å². The standard InChI is InChI=1S/C22H28N6/c1-3-4-11-24-22(26-14-19-7-5-18(2)6-8-19)27-16-20-9-10-21(25-15-20)28-13-12-23-17-28/h5-10,12-13,15,17H,3-4,11,14,16H2,1-2H3,(H2,24,26,27). The molecule has 2 N–H and O–H groups in total. The largest absolute Gasteiger partial charge is 0.356 e. The molecule has 0 saturated carbocycles. The number of imidazole rings is 1. The summed E-state index contributed by atoms with van der Waals surface area (Å²) in [6.45, 7) is 6.52. The van der Waals surface area contributed by atoms with E-state index in [-0.39, 0.29) is 0 Å². The fraction of sp³-hybridized carbons (Fsp3) is 0.318. The van der Waals surface area contributed by atoms with E-state index in [1.165, 1.54) is 11.1 Å². The number of aryl methyl sites for hydroxylation is 1. The van der Waals surface area contributed by atoms with Gasteiger partial charge in [-0.05, 0) is 30.5 Å². The molecule has 0 spiro atoms. The topological polar surface area (TPSA) is 67.1 Å². The fourth-order valence-electron chi connectivity index (χ4n) is 2.68. The third kappa shape index (κ3) is 5.94. The average Bonchev–Trinajstić information content (AvgIpc) is 3.26. The minimum Gasteiger partial charge on any atom is -0.356 e. The molecule has 3 aromatic rings. The van der Waals surface area contributed by atoms with Crippen molar-refractivity contribution in [1.29, 1.82) is 0 Å². The molecule has 0 aliphatic carbocycles. The number of hydrogen-bond acceptors (Lipinski definition) is 3. The Hall–Kier alpha value is -3.15. The van der Waals surface area contributed by atoms with Crippen LogP contribution in [0.4, 0.5) is 0 Å². The predicted molar refractivity (Wildman–Crippen MR) is 113 cm³/mol. The van der Waals surface area contributed by atoms with Crippen LogP contribution in [-0.4, -0.2) is 27.0 Å². The van der Waals surface area contributed by atoms with Gasteiger partial charge in [-0.15, -0.1) is 0 Å². The van der Waals surface area contributed by atoms with Crippen LogP contribution in [0.25, 0.3) is 5.82 Å². The molecule has 1 aromatic carbocycles. The van der Waals surface area contributed by atoms with E-state index in [0.717, 1.165) is 43.3 Å². The predicted octanol–water partition coefficient (Wildman–Crippen LogP) is 3.61. The summed E-state index contributed by atoms with van der Waals surface area (Å²) >= 11 is 0. The lowest BCUT2D eigenvalue weighted by Crippen LogP contribution is -2.37. The molecule has 0 aliphatic heterocycles. The number of aliphatic imine (C=N–C) groups is 1. The lowest BCUT2D eigenvalue weighted by molar-refractivity contribution is 0.724. The van der Waals surface area contributed by atoms with Gasteiger partial charge < -0.3 is 10.6 Å². The van der Waals surface area contributed by atoms with Gasteiger partial charge in [-0.3, -0.25) is 4.57 Å². The van der Waals surface area contributed by atoms with Gasteiger partial charge in [0, 0.05) is 31.7 Å². The van der Waals surface area contributed by atoms with Gasteiger partial charge in [-0.1, -0.05) is 49.2 Å². The first-order valence-electron chi connectivity index (χ1n) is 9.75. The first-order valence-corrected chi connectivity index (χ1v) is 9.75. The second-order valence-electron chi connectivity index (χ2n) is 6.78. The van der Waals surface area contributed by atoms with Crippen molar-refractivity contribution in [2.24, 2.45) is 4.99 Å². The lowest BCUT2D eigenvalue weighted by Gasteiger charge is -2.13. The Bertz CT molecular complexity index is 851. The van der Waals surface area contributed by atoms with Crippen molar-refractivity contribution in [3.63, 3.8) is 0 Å². The van der Waals surface area contributed by atoms with Crippen molar-refractivity contribution in [1.82, 2.24) is 25.2 Å². The van der Waals surface area contributed by atoms with Crippen LogP contribution in [0.1, 0.15) is 36.5 Å². The Balaban J connectivity index is 1.61. The van der Waals surface area contributed by atoms with E-state index in [4.69, 9.17) is 4.99 Å². The SMILES string of the molecule is CCCCNC(=NCc1ccc(-n2ccnc2)nc1)NCc1ccc(C)cc1. The molecule has 28 heavy (non-hydrogen) atoms. The van der Waals surface area contributed by atoms with Gasteiger partial charge in [-0.25, -0.2) is 15.0 Å². The highest BCUT2D eigenvalue weighted by atomic mass is 15.2. The molecular weight excluding hydrogens is 348 g/mol. The van der Waals surface area contributed by atoms with Gasteiger partial charge in [0.2, 0.25) is 0 Å². The minimum atomic E-state index is 0.576. The molecule has 3 rings (SSSR count). The summed E-state index contributed by atoms with van der Waals surface area (Å²) in [6.07, 6.45) is 9.50. The second-order valence-corrected chi connectivity index (χ2v) is 6.78. The van der Waals surface area contributed by atoms with Crippen molar-refractivity contribution in [3.8, 4) is 5.82 Å². The van der Waals surface area contributed by atoms with Crippen molar-refractivity contribution >= 4 is 5.96 Å². The summed E-state index contributed by atoms with van der Waals surface area (Å²) in [5.74, 6) is 1.68. The summed E-state index contributed by atoms with van der Waals surface area (Å²) < 4.78 is 1.88. The van der Waals surface area contributed by atoms with E-state index < -0.39 is 0 Å². The van der Waals surface area contributed by atoms with E-state index >= 15 is 0 Å². The molecule has 2 aromatic heterocycles. The highest BCUT2D eigenvalue weighted by molar-refractivity contribution is 5.79. The summed E-state index contributed by atoms with van der Waals surface area (Å²) in [5, 5.41) is 6.84. The first kappa shape index (κ1) is 19.6. The van der Waals surface area contributed by atoms with Crippen LogP contribution < -0.4 is 10.6 Å². The number of aromatic nitrogens is 3. The van der Waals surface area contributed by atoms with E-state index in [1.54, 1.807) is 12.5 Å². The molecule has 6 nitrogen and oxygen atoms in total. The maximum absolute atomic E-state index is 4.73. The Morgan fingerprint density at radius 2 is 1.89 bits per heavy atom. The van der Waals surface area contributed by atoms with Crippen molar-refractivity contribution in [2.75, 3.05) is 6.54 Å². The maximum atomic E-state index is 4.73. The monoisotopic (exact) mass is 376 g/mol. The smallest absolute Gasteiger partial charge is 0.191 e. The van der Waals surface area contributed by atoms with Gasteiger partial charge in [0.25, 0.3) is 0 Å². The fourth-order valence-corrected chi connectivity index (χ4v) is 2.68. The van der Waals surface area contributed by atoms with Crippen LogP contribution in [-0.2, 0) is 13.1 Å². The Morgan fingerprint density at radius 1 is 1.07 bits per heavy atom. The van der Waals surface area contributed by atoms with Gasteiger partial charge in [0.15, 0.2) is 5.96 Å². The maximum Gasteiger partial charge on any atom is 0.191 e. The van der Waals surface area contributed by atoms with Gasteiger partial charge >= 0.3 is 0 Å². The van der Waals surface area contributed by atoms with Crippen LogP contribution >= 0.6 is 0 Å². The second kappa shape index (κ2) is 10.3. The summed E-state index contributed by atoms with van der Waals surface area (Å²) in [6, 6.07) is 12.6. The van der Waals surface area contributed by atoms with E-state index in [2.05, 4.69) is 64.8 Å².